The minimum atomic E-state index is -4.55. The van der Waals surface area contributed by atoms with Crippen LogP contribution < -0.4 is 15.0 Å². The van der Waals surface area contributed by atoms with Gasteiger partial charge in [0.15, 0.2) is 0 Å². The average Bonchev–Trinajstić information content (AvgIpc) is 3.37. The fraction of sp³-hybridized carbons (Fsp3) is 0.294. The highest BCUT2D eigenvalue weighted by Gasteiger charge is 2.34. The zero-order valence-electron chi connectivity index (χ0n) is 13.4. The van der Waals surface area contributed by atoms with E-state index >= 15 is 0 Å². The zero-order chi connectivity index (χ0) is 19.1. The van der Waals surface area contributed by atoms with Crippen LogP contribution in [0.5, 0.6) is 5.75 Å². The van der Waals surface area contributed by atoms with Crippen LogP contribution in [0.4, 0.5) is 19.0 Å². The molecule has 0 spiro atoms. The van der Waals surface area contributed by atoms with Gasteiger partial charge in [0, 0.05) is 27.6 Å². The van der Waals surface area contributed by atoms with E-state index in [0.29, 0.717) is 11.7 Å². The number of nitrogens with one attached hydrogen (secondary N) is 1. The Balaban J connectivity index is 1.86. The Bertz CT molecular complexity index is 869. The molecule has 3 N–H and O–H groups in total. The molecule has 0 aliphatic heterocycles. The summed E-state index contributed by atoms with van der Waals surface area (Å²) < 4.78 is 46.1. The summed E-state index contributed by atoms with van der Waals surface area (Å²) in [5, 5.41) is 7.32. The van der Waals surface area contributed by atoms with E-state index in [1.54, 1.807) is 12.3 Å². The van der Waals surface area contributed by atoms with Gasteiger partial charge in [-0.1, -0.05) is 11.6 Å². The van der Waals surface area contributed by atoms with Gasteiger partial charge in [0.25, 0.3) is 0 Å². The first-order valence-corrected chi connectivity index (χ1v) is 8.92. The molecule has 0 saturated heterocycles. The van der Waals surface area contributed by atoms with Crippen LogP contribution in [0.25, 0.3) is 0 Å². The topological polar surface area (TPSA) is 63.0 Å². The Morgan fingerprint density at radius 1 is 1.35 bits per heavy atom. The SMILES string of the molecule is N=C(Br)[n+]1cc(C2CC2)c(COc2ccc(Cl)c(C(F)(F)F)c2)cc1N. The number of alkyl halides is 3. The van der Waals surface area contributed by atoms with Crippen molar-refractivity contribution in [1.29, 1.82) is 5.41 Å². The molecule has 1 aromatic carbocycles. The molecular formula is C17H15BrClF3N3O+. The van der Waals surface area contributed by atoms with Crippen LogP contribution in [-0.4, -0.2) is 4.74 Å². The number of pyridine rings is 1. The van der Waals surface area contributed by atoms with Crippen molar-refractivity contribution >= 4 is 38.1 Å². The van der Waals surface area contributed by atoms with E-state index in [4.69, 9.17) is 27.5 Å². The molecule has 0 bridgehead atoms. The Morgan fingerprint density at radius 2 is 2.04 bits per heavy atom. The number of aromatic nitrogens is 1. The maximum absolute atomic E-state index is 13.0. The van der Waals surface area contributed by atoms with Crippen LogP contribution in [0, 0.1) is 5.41 Å². The van der Waals surface area contributed by atoms with Gasteiger partial charge in [-0.15, -0.1) is 0 Å². The van der Waals surface area contributed by atoms with Crippen LogP contribution in [0.2, 0.25) is 5.02 Å². The predicted octanol–water partition coefficient (Wildman–Crippen LogP) is 4.86. The minimum Gasteiger partial charge on any atom is -0.489 e. The van der Waals surface area contributed by atoms with Crippen molar-refractivity contribution in [2.24, 2.45) is 0 Å². The second kappa shape index (κ2) is 7.08. The summed E-state index contributed by atoms with van der Waals surface area (Å²) in [5.41, 5.74) is 6.79. The van der Waals surface area contributed by atoms with Gasteiger partial charge in [-0.05, 0) is 42.5 Å². The van der Waals surface area contributed by atoms with Gasteiger partial charge in [0.05, 0.1) is 16.8 Å². The van der Waals surface area contributed by atoms with Gasteiger partial charge in [0.1, 0.15) is 12.4 Å². The van der Waals surface area contributed by atoms with Gasteiger partial charge < -0.3 is 10.5 Å². The molecule has 26 heavy (non-hydrogen) atoms. The van der Waals surface area contributed by atoms with Gasteiger partial charge in [-0.25, -0.2) is 0 Å². The van der Waals surface area contributed by atoms with Crippen LogP contribution in [0.1, 0.15) is 35.4 Å². The summed E-state index contributed by atoms with van der Waals surface area (Å²) in [5.74, 6) is 0.761. The molecule has 9 heteroatoms. The molecule has 1 aliphatic rings. The molecule has 1 aromatic heterocycles. The molecule has 3 rings (SSSR count). The standard InChI is InChI=1S/C17H14BrClF3N3O/c18-16(24)25-7-12(9-1-2-9)10(5-15(25)23)8-26-11-3-4-14(19)13(6-11)17(20,21)22/h3-7,9,23-24H,1-2,8H2/p+1. The van der Waals surface area contributed by atoms with Crippen molar-refractivity contribution in [2.75, 3.05) is 5.73 Å². The van der Waals surface area contributed by atoms with Crippen LogP contribution >= 0.6 is 27.5 Å². The molecule has 4 nitrogen and oxygen atoms in total. The van der Waals surface area contributed by atoms with E-state index in [-0.39, 0.29) is 22.1 Å². The van der Waals surface area contributed by atoms with Crippen molar-refractivity contribution < 1.29 is 22.5 Å². The first-order chi connectivity index (χ1) is 12.2. The third kappa shape index (κ3) is 4.12. The molecule has 138 valence electrons. The summed E-state index contributed by atoms with van der Waals surface area (Å²) in [6.07, 6.45) is -0.738. The molecule has 0 radical (unpaired) electrons. The molecule has 1 heterocycles. The third-order valence-electron chi connectivity index (χ3n) is 4.11. The summed E-state index contributed by atoms with van der Waals surface area (Å²) in [6.45, 7) is 0.0748. The maximum Gasteiger partial charge on any atom is 0.417 e. The summed E-state index contributed by atoms with van der Waals surface area (Å²) in [6, 6.07) is 5.14. The van der Waals surface area contributed by atoms with Gasteiger partial charge in [-0.3, -0.25) is 0 Å². The van der Waals surface area contributed by atoms with Gasteiger partial charge in [0.2, 0.25) is 5.82 Å². The number of hydrogen-bond acceptors (Lipinski definition) is 3. The summed E-state index contributed by atoms with van der Waals surface area (Å²) in [7, 11) is 0. The van der Waals surface area contributed by atoms with Crippen molar-refractivity contribution in [3.63, 3.8) is 0 Å². The Hall–Kier alpha value is -1.80. The number of hydrogen-bond donors (Lipinski definition) is 2. The Kier molecular flexibility index (Phi) is 5.16. The lowest BCUT2D eigenvalue weighted by molar-refractivity contribution is -0.534. The Labute approximate surface area is 161 Å². The van der Waals surface area contributed by atoms with Crippen molar-refractivity contribution in [3.05, 3.63) is 52.2 Å². The second-order valence-electron chi connectivity index (χ2n) is 6.04. The lowest BCUT2D eigenvalue weighted by Gasteiger charge is -2.14. The fourth-order valence-electron chi connectivity index (χ4n) is 2.66. The van der Waals surface area contributed by atoms with Gasteiger partial charge >= 0.3 is 10.9 Å². The fourth-order valence-corrected chi connectivity index (χ4v) is 3.19. The highest BCUT2D eigenvalue weighted by atomic mass is 79.9. The molecule has 1 fully saturated rings. The van der Waals surface area contributed by atoms with Crippen molar-refractivity contribution in [1.82, 2.24) is 0 Å². The number of nitrogens with two attached hydrogens (primary N) is 1. The predicted molar refractivity (Wildman–Crippen MR) is 95.9 cm³/mol. The molecule has 0 atom stereocenters. The van der Waals surface area contributed by atoms with E-state index in [1.807, 2.05) is 0 Å². The summed E-state index contributed by atoms with van der Waals surface area (Å²) in [4.78, 5) is 0. The van der Waals surface area contributed by atoms with Crippen molar-refractivity contribution in [3.8, 4) is 5.75 Å². The van der Waals surface area contributed by atoms with E-state index in [9.17, 15) is 13.2 Å². The average molecular weight is 450 g/mol. The third-order valence-corrected chi connectivity index (χ3v) is 4.82. The molecule has 2 aromatic rings. The summed E-state index contributed by atoms with van der Waals surface area (Å²) >= 11 is 8.71. The lowest BCUT2D eigenvalue weighted by Crippen LogP contribution is -2.42. The molecule has 0 unspecified atom stereocenters. The van der Waals surface area contributed by atoms with Crippen LogP contribution in [-0.2, 0) is 12.8 Å². The first kappa shape index (κ1) is 19.0. The number of halogens is 5. The van der Waals surface area contributed by atoms with Crippen LogP contribution in [0.3, 0.4) is 0 Å². The number of nitrogen functional groups attached to an aromatic ring is 1. The molecule has 1 saturated carbocycles. The highest BCUT2D eigenvalue weighted by Crippen LogP contribution is 2.42. The number of ether oxygens (including phenoxy) is 1. The molecule has 0 amide bonds. The minimum absolute atomic E-state index is 0.0748. The lowest BCUT2D eigenvalue weighted by atomic mass is 10.1. The Morgan fingerprint density at radius 3 is 2.62 bits per heavy atom. The first-order valence-electron chi connectivity index (χ1n) is 7.74. The molecular weight excluding hydrogens is 435 g/mol. The normalized spacial score (nSPS) is 14.3. The van der Waals surface area contributed by atoms with E-state index < -0.39 is 11.7 Å². The monoisotopic (exact) mass is 448 g/mol. The number of nitrogens with zero attached hydrogens (tertiary/aromatic N) is 1. The van der Waals surface area contributed by atoms with E-state index in [2.05, 4.69) is 15.9 Å². The number of anilines is 1. The van der Waals surface area contributed by atoms with Gasteiger partial charge in [-0.2, -0.15) is 23.1 Å². The highest BCUT2D eigenvalue weighted by molar-refractivity contribution is 9.18. The van der Waals surface area contributed by atoms with Crippen LogP contribution in [0.15, 0.2) is 30.5 Å². The number of benzene rings is 1. The van der Waals surface area contributed by atoms with E-state index in [1.165, 1.54) is 16.7 Å². The number of rotatable bonds is 4. The quantitative estimate of drug-likeness (QED) is 0.398. The molecule has 1 aliphatic carbocycles. The largest absolute Gasteiger partial charge is 0.489 e. The second-order valence-corrected chi connectivity index (χ2v) is 7.20. The smallest absolute Gasteiger partial charge is 0.417 e. The maximum atomic E-state index is 13.0. The zero-order valence-corrected chi connectivity index (χ0v) is 15.7. The van der Waals surface area contributed by atoms with Crippen molar-refractivity contribution in [2.45, 2.75) is 31.5 Å². The van der Waals surface area contributed by atoms with E-state index in [0.717, 1.165) is 30.0 Å².